The maximum atomic E-state index is 14.6. The first kappa shape index (κ1) is 48.4. The number of hydrogen-bond donors (Lipinski definition) is 4. The fourth-order valence-electron chi connectivity index (χ4n) is 8.62. The summed E-state index contributed by atoms with van der Waals surface area (Å²) in [5.41, 5.74) is 13.0. The van der Waals surface area contributed by atoms with Crippen LogP contribution >= 0.6 is 15.9 Å². The smallest absolute Gasteiger partial charge is 0.485 e. The third-order valence-corrected chi connectivity index (χ3v) is 12.7. The average Bonchev–Trinajstić information content (AvgIpc) is 3.71. The Bertz CT molecular complexity index is 3260. The number of carbonyl (C=O) groups is 2. The lowest BCUT2D eigenvalue weighted by atomic mass is 9.79. The topological polar surface area (TPSA) is 185 Å². The Labute approximate surface area is 407 Å². The van der Waals surface area contributed by atoms with Gasteiger partial charge in [-0.3, -0.25) is 19.4 Å². The molecule has 0 bridgehead atoms. The van der Waals surface area contributed by atoms with Crippen molar-refractivity contribution in [3.05, 3.63) is 194 Å². The summed E-state index contributed by atoms with van der Waals surface area (Å²) in [6.45, 7) is 13.9. The Morgan fingerprint density at radius 1 is 0.657 bits per heavy atom. The summed E-state index contributed by atoms with van der Waals surface area (Å²) in [5, 5.41) is 17.4. The Hall–Kier alpha value is -8.04. The van der Waals surface area contributed by atoms with Gasteiger partial charge in [-0.1, -0.05) is 88.7 Å². The van der Waals surface area contributed by atoms with Crippen LogP contribution in [-0.2, 0) is 20.7 Å². The van der Waals surface area contributed by atoms with Crippen molar-refractivity contribution >= 4 is 63.6 Å². The molecule has 4 aliphatic heterocycles. The number of nitrogens with two attached hydrogens (primary N) is 2. The van der Waals surface area contributed by atoms with Crippen molar-refractivity contribution in [2.75, 3.05) is 14.1 Å². The van der Waals surface area contributed by atoms with E-state index in [1.165, 1.54) is 54.2 Å². The van der Waals surface area contributed by atoms with E-state index in [4.69, 9.17) is 44.1 Å². The van der Waals surface area contributed by atoms with Gasteiger partial charge < -0.3 is 31.0 Å². The van der Waals surface area contributed by atoms with Crippen molar-refractivity contribution < 1.29 is 46.7 Å². The maximum absolute atomic E-state index is 14.6. The van der Waals surface area contributed by atoms with Crippen molar-refractivity contribution in [2.24, 2.45) is 21.5 Å². The molecule has 6 aromatic rings. The Morgan fingerprint density at radius 2 is 1.11 bits per heavy atom. The predicted octanol–water partition coefficient (Wildman–Crippen LogP) is 7.84. The molecule has 0 aliphatic carbocycles. The molecule has 0 aromatic heterocycles. The van der Waals surface area contributed by atoms with Gasteiger partial charge in [0.2, 0.25) is 0 Å². The highest BCUT2D eigenvalue weighted by Crippen LogP contribution is 2.52. The summed E-state index contributed by atoms with van der Waals surface area (Å²) in [4.78, 5) is 44.4. The zero-order chi connectivity index (χ0) is 50.2. The minimum Gasteiger partial charge on any atom is -0.485 e. The standard InChI is InChI=1S/C25H18F2N4O2.C18H14BrF2N3O2.C7H6BNO2/c1-29-16-6-3-5-14(11-16)15-9-10-20-18(12-15)25(23(32)31(2)24(28)30-25)13-21(33-20)17-7-4-8-19(26)22(17)27;1-24-16(25)18(23-17(24)22)8-14(10-3-2-4-12(20)15(10)21)26-13-6-5-9(19)7-11(13)18;1-9-7-4-2-3-6(5-7)8(10)11/h3-12,21H,13H2,2H3,(H2,28,30);2-7,14H,8H2,1H3,(H2,22,23);2-5,10-11H. The molecule has 0 fully saturated rings. The van der Waals surface area contributed by atoms with E-state index in [9.17, 15) is 27.2 Å². The molecule has 2 spiro atoms. The first-order valence-corrected chi connectivity index (χ1v) is 21.9. The lowest BCUT2D eigenvalue weighted by Crippen LogP contribution is -2.43. The van der Waals surface area contributed by atoms with Gasteiger partial charge in [-0.15, -0.1) is 0 Å². The van der Waals surface area contributed by atoms with Crippen molar-refractivity contribution in [2.45, 2.75) is 36.1 Å². The largest absolute Gasteiger partial charge is 0.487 e. The zero-order valence-corrected chi connectivity index (χ0v) is 38.5. The van der Waals surface area contributed by atoms with Crippen LogP contribution < -0.4 is 26.4 Å². The van der Waals surface area contributed by atoms with Gasteiger partial charge in [0.1, 0.15) is 23.7 Å². The molecule has 6 N–H and O–H groups in total. The molecule has 70 heavy (non-hydrogen) atoms. The van der Waals surface area contributed by atoms with Gasteiger partial charge >= 0.3 is 7.12 Å². The second kappa shape index (κ2) is 19.2. The maximum Gasteiger partial charge on any atom is 0.487 e. The molecule has 6 aromatic carbocycles. The predicted molar refractivity (Wildman–Crippen MR) is 256 cm³/mol. The van der Waals surface area contributed by atoms with Crippen LogP contribution in [0.3, 0.4) is 0 Å². The molecule has 4 unspecified atom stereocenters. The van der Waals surface area contributed by atoms with Gasteiger partial charge in [-0.25, -0.2) is 37.2 Å². The molecular weight excluding hydrogens is 975 g/mol. The number of fused-ring (bicyclic) bond motifs is 4. The molecule has 0 saturated heterocycles. The van der Waals surface area contributed by atoms with Gasteiger partial charge in [0.15, 0.2) is 57.6 Å². The van der Waals surface area contributed by atoms with Gasteiger partial charge in [0, 0.05) is 53.7 Å². The zero-order valence-electron chi connectivity index (χ0n) is 36.9. The van der Waals surface area contributed by atoms with Crippen LogP contribution in [0.5, 0.6) is 11.5 Å². The van der Waals surface area contributed by atoms with E-state index < -0.39 is 53.7 Å². The molecular formula is C50H38BBrF4N8O6. The number of hydrogen-bond acceptors (Lipinski definition) is 10. The minimum atomic E-state index is -1.49. The monoisotopic (exact) mass is 1010 g/mol. The third-order valence-electron chi connectivity index (χ3n) is 12.2. The van der Waals surface area contributed by atoms with E-state index in [-0.39, 0.29) is 47.7 Å². The van der Waals surface area contributed by atoms with Crippen LogP contribution in [0.15, 0.2) is 136 Å². The van der Waals surface area contributed by atoms with E-state index in [0.717, 1.165) is 27.7 Å². The SMILES string of the molecule is CN1C(=O)C2(CC(c3cccc(F)c3F)Oc3ccc(Br)cc32)N=C1N.[C-]#[N+]c1cccc(-c2ccc3c(c2)C2(CC(c4cccc(F)c4F)O3)N=C(N)N(C)C2=O)c1.[C-]#[N+]c1cccc(B(O)O)c1. The lowest BCUT2D eigenvalue weighted by molar-refractivity contribution is -0.133. The molecule has 4 atom stereocenters. The Balaban J connectivity index is 0.000000158. The number of likely N-dealkylation sites (N-methyl/N-ethyl adjacent to an activating group) is 2. The number of ether oxygens (including phenoxy) is 2. The van der Waals surface area contributed by atoms with Gasteiger partial charge in [0.05, 0.1) is 13.1 Å². The summed E-state index contributed by atoms with van der Waals surface area (Å²) in [6.07, 6.45) is -1.86. The summed E-state index contributed by atoms with van der Waals surface area (Å²) < 4.78 is 69.3. The molecule has 4 heterocycles. The van der Waals surface area contributed by atoms with Gasteiger partial charge in [-0.2, -0.15) is 0 Å². The highest BCUT2D eigenvalue weighted by Gasteiger charge is 2.55. The van der Waals surface area contributed by atoms with Crippen LogP contribution in [0.2, 0.25) is 0 Å². The van der Waals surface area contributed by atoms with Crippen LogP contribution in [0.25, 0.3) is 20.8 Å². The van der Waals surface area contributed by atoms with E-state index in [0.29, 0.717) is 39.5 Å². The summed E-state index contributed by atoms with van der Waals surface area (Å²) in [6, 6.07) is 31.4. The molecule has 352 valence electrons. The molecule has 14 nitrogen and oxygen atoms in total. The molecule has 4 aliphatic rings. The summed E-state index contributed by atoms with van der Waals surface area (Å²) in [5.74, 6) is -3.88. The second-order valence-electron chi connectivity index (χ2n) is 16.4. The van der Waals surface area contributed by atoms with Crippen LogP contribution in [0.1, 0.15) is 47.3 Å². The van der Waals surface area contributed by atoms with Gasteiger partial charge in [0.25, 0.3) is 11.8 Å². The van der Waals surface area contributed by atoms with E-state index in [1.807, 2.05) is 6.07 Å². The van der Waals surface area contributed by atoms with Gasteiger partial charge in [-0.05, 0) is 65.1 Å². The molecule has 20 heteroatoms. The normalized spacial score (nSPS) is 20.6. The van der Waals surface area contributed by atoms with Crippen molar-refractivity contribution in [3.63, 3.8) is 0 Å². The highest BCUT2D eigenvalue weighted by molar-refractivity contribution is 9.10. The number of carbonyl (C=O) groups excluding carboxylic acids is 2. The van der Waals surface area contributed by atoms with E-state index >= 15 is 0 Å². The van der Waals surface area contributed by atoms with Crippen LogP contribution in [0.4, 0.5) is 28.9 Å². The molecule has 0 radical (unpaired) electrons. The molecule has 0 saturated carbocycles. The fraction of sp³-hybridized carbons (Fsp3) is 0.160. The van der Waals surface area contributed by atoms with Crippen LogP contribution in [0, 0.1) is 36.4 Å². The first-order chi connectivity index (χ1) is 33.4. The highest BCUT2D eigenvalue weighted by atomic mass is 79.9. The lowest BCUT2D eigenvalue weighted by Gasteiger charge is -2.37. The third kappa shape index (κ3) is 8.80. The fourth-order valence-corrected chi connectivity index (χ4v) is 8.98. The average molecular weight is 1010 g/mol. The number of nitrogens with zero attached hydrogens (tertiary/aromatic N) is 6. The number of amides is 2. The number of rotatable bonds is 4. The van der Waals surface area contributed by atoms with E-state index in [2.05, 4.69) is 35.6 Å². The van der Waals surface area contributed by atoms with Crippen molar-refractivity contribution in [1.29, 1.82) is 0 Å². The molecule has 2 amide bonds. The molecule has 10 rings (SSSR count). The number of halogens is 5. The quantitative estimate of drug-likeness (QED) is 0.0782. The van der Waals surface area contributed by atoms with E-state index in [1.54, 1.807) is 72.8 Å². The summed E-state index contributed by atoms with van der Waals surface area (Å²) >= 11 is 3.38. The second-order valence-corrected chi connectivity index (χ2v) is 17.3. The van der Waals surface area contributed by atoms with Crippen LogP contribution in [-0.4, -0.2) is 64.8 Å². The number of guanidine groups is 2. The van der Waals surface area contributed by atoms with Crippen molar-refractivity contribution in [1.82, 2.24) is 9.80 Å². The summed E-state index contributed by atoms with van der Waals surface area (Å²) in [7, 11) is 1.56. The Kier molecular flexibility index (Phi) is 13.3. The minimum absolute atomic E-state index is 0.00462. The number of aliphatic imine (C=N–C) groups is 2. The first-order valence-electron chi connectivity index (χ1n) is 21.2. The number of benzene rings is 6. The Morgan fingerprint density at radius 3 is 1.60 bits per heavy atom. The van der Waals surface area contributed by atoms with Crippen molar-refractivity contribution in [3.8, 4) is 22.6 Å².